The van der Waals surface area contributed by atoms with Gasteiger partial charge in [0.15, 0.2) is 5.96 Å². The number of guanidine groups is 1. The van der Waals surface area contributed by atoms with E-state index in [0.717, 1.165) is 23.3 Å². The Morgan fingerprint density at radius 3 is 2.34 bits per heavy atom. The van der Waals surface area contributed by atoms with Gasteiger partial charge in [0.2, 0.25) is 0 Å². The average Bonchev–Trinajstić information content (AvgIpc) is 2.71. The molecule has 2 aromatic rings. The van der Waals surface area contributed by atoms with Crippen molar-refractivity contribution in [2.45, 2.75) is 25.7 Å². The zero-order chi connectivity index (χ0) is 21.1. The largest absolute Gasteiger partial charge is 0.496 e. The molecule has 5 nitrogen and oxygen atoms in total. The first-order chi connectivity index (χ1) is 13.9. The zero-order valence-corrected chi connectivity index (χ0v) is 16.6. The minimum atomic E-state index is -4.31. The molecule has 0 saturated carbocycles. The number of benzene rings is 2. The number of para-hydroxylation sites is 1. The second kappa shape index (κ2) is 11.3. The predicted molar refractivity (Wildman–Crippen MR) is 107 cm³/mol. The van der Waals surface area contributed by atoms with E-state index in [4.69, 9.17) is 4.74 Å². The smallest absolute Gasteiger partial charge is 0.411 e. The Bertz CT molecular complexity index is 777. The van der Waals surface area contributed by atoms with Gasteiger partial charge in [-0.05, 0) is 29.2 Å². The number of hydrogen-bond donors (Lipinski definition) is 2. The summed E-state index contributed by atoms with van der Waals surface area (Å²) in [6.07, 6.45) is -3.52. The summed E-state index contributed by atoms with van der Waals surface area (Å²) in [5.41, 5.74) is 2.79. The first-order valence-corrected chi connectivity index (χ1v) is 9.20. The number of nitrogens with zero attached hydrogens (tertiary/aromatic N) is 1. The third-order valence-corrected chi connectivity index (χ3v) is 4.12. The van der Waals surface area contributed by atoms with Gasteiger partial charge in [0, 0.05) is 20.1 Å². The Balaban J connectivity index is 1.74. The summed E-state index contributed by atoms with van der Waals surface area (Å²) in [4.78, 5) is 4.19. The molecule has 0 fully saturated rings. The molecule has 2 N–H and O–H groups in total. The van der Waals surface area contributed by atoms with Crippen molar-refractivity contribution >= 4 is 5.96 Å². The summed E-state index contributed by atoms with van der Waals surface area (Å²) >= 11 is 0. The van der Waals surface area contributed by atoms with E-state index in [1.165, 1.54) is 0 Å². The van der Waals surface area contributed by atoms with Crippen LogP contribution >= 0.6 is 0 Å². The minimum Gasteiger partial charge on any atom is -0.496 e. The maximum atomic E-state index is 12.1. The van der Waals surface area contributed by atoms with Crippen LogP contribution < -0.4 is 15.4 Å². The van der Waals surface area contributed by atoms with Gasteiger partial charge >= 0.3 is 6.18 Å². The van der Waals surface area contributed by atoms with Crippen LogP contribution in [0, 0.1) is 0 Å². The fraction of sp³-hybridized carbons (Fsp3) is 0.381. The molecule has 0 saturated heterocycles. The maximum absolute atomic E-state index is 12.1. The quantitative estimate of drug-likeness (QED) is 0.490. The van der Waals surface area contributed by atoms with Crippen LogP contribution in [0.1, 0.15) is 16.7 Å². The van der Waals surface area contributed by atoms with Crippen LogP contribution in [-0.2, 0) is 24.3 Å². The second-order valence-electron chi connectivity index (χ2n) is 6.34. The predicted octanol–water partition coefficient (Wildman–Crippen LogP) is 3.68. The lowest BCUT2D eigenvalue weighted by molar-refractivity contribution is -0.176. The molecule has 0 heterocycles. The lowest BCUT2D eigenvalue weighted by Crippen LogP contribution is -2.37. The third kappa shape index (κ3) is 8.43. The molecule has 2 rings (SSSR count). The molecule has 0 aliphatic carbocycles. The SMILES string of the molecule is CN=C(NCCc1ccccc1OC)NCc1ccc(COCC(F)(F)F)cc1. The van der Waals surface area contributed by atoms with Gasteiger partial charge in [-0.2, -0.15) is 13.2 Å². The van der Waals surface area contributed by atoms with Crippen LogP contribution in [0.25, 0.3) is 0 Å². The Kier molecular flexibility index (Phi) is 8.79. The second-order valence-corrected chi connectivity index (χ2v) is 6.34. The van der Waals surface area contributed by atoms with Crippen molar-refractivity contribution in [1.82, 2.24) is 10.6 Å². The van der Waals surface area contributed by atoms with E-state index in [1.54, 1.807) is 26.3 Å². The van der Waals surface area contributed by atoms with Crippen molar-refractivity contribution in [3.8, 4) is 5.75 Å². The molecule has 0 spiro atoms. The standard InChI is InChI=1S/C21H26F3N3O2/c1-25-20(26-12-11-18-5-3-4-6-19(18)28-2)27-13-16-7-9-17(10-8-16)14-29-15-21(22,23)24/h3-10H,11-15H2,1-2H3,(H2,25,26,27). The van der Waals surface area contributed by atoms with E-state index in [-0.39, 0.29) is 6.61 Å². The third-order valence-electron chi connectivity index (χ3n) is 4.12. The van der Waals surface area contributed by atoms with Crippen molar-refractivity contribution in [2.24, 2.45) is 4.99 Å². The van der Waals surface area contributed by atoms with Gasteiger partial charge in [-0.3, -0.25) is 4.99 Å². The fourth-order valence-electron chi connectivity index (χ4n) is 2.67. The lowest BCUT2D eigenvalue weighted by atomic mass is 10.1. The zero-order valence-electron chi connectivity index (χ0n) is 16.6. The summed E-state index contributed by atoms with van der Waals surface area (Å²) in [5.74, 6) is 1.52. The number of nitrogens with one attached hydrogen (secondary N) is 2. The first-order valence-electron chi connectivity index (χ1n) is 9.20. The fourth-order valence-corrected chi connectivity index (χ4v) is 2.67. The first kappa shape index (κ1) is 22.5. The van der Waals surface area contributed by atoms with Crippen molar-refractivity contribution in [3.05, 3.63) is 65.2 Å². The van der Waals surface area contributed by atoms with Gasteiger partial charge < -0.3 is 20.1 Å². The molecule has 0 radical (unpaired) electrons. The maximum Gasteiger partial charge on any atom is 0.411 e. The normalized spacial score (nSPS) is 12.0. The summed E-state index contributed by atoms with van der Waals surface area (Å²) in [7, 11) is 3.35. The highest BCUT2D eigenvalue weighted by molar-refractivity contribution is 5.79. The van der Waals surface area contributed by atoms with Gasteiger partial charge in [0.05, 0.1) is 13.7 Å². The highest BCUT2D eigenvalue weighted by Gasteiger charge is 2.27. The molecule has 0 unspecified atom stereocenters. The number of ether oxygens (including phenoxy) is 2. The summed E-state index contributed by atoms with van der Waals surface area (Å²) < 4.78 is 46.3. The van der Waals surface area contributed by atoms with Crippen LogP contribution in [0.5, 0.6) is 5.75 Å². The highest BCUT2D eigenvalue weighted by Crippen LogP contribution is 2.17. The van der Waals surface area contributed by atoms with Gasteiger partial charge in [-0.1, -0.05) is 42.5 Å². The van der Waals surface area contributed by atoms with Crippen molar-refractivity contribution in [2.75, 3.05) is 27.3 Å². The molecule has 2 aromatic carbocycles. The van der Waals surface area contributed by atoms with E-state index in [1.807, 2.05) is 36.4 Å². The Morgan fingerprint density at radius 2 is 1.69 bits per heavy atom. The molecule has 0 aromatic heterocycles. The number of halogens is 3. The molecule has 0 aliphatic rings. The van der Waals surface area contributed by atoms with E-state index in [2.05, 4.69) is 20.4 Å². The van der Waals surface area contributed by atoms with Crippen LogP contribution in [-0.4, -0.2) is 39.4 Å². The molecule has 0 aliphatic heterocycles. The molecular formula is C21H26F3N3O2. The number of aliphatic imine (C=N–C) groups is 1. The topological polar surface area (TPSA) is 54.9 Å². The van der Waals surface area contributed by atoms with Crippen LogP contribution in [0.15, 0.2) is 53.5 Å². The van der Waals surface area contributed by atoms with E-state index < -0.39 is 12.8 Å². The lowest BCUT2D eigenvalue weighted by Gasteiger charge is -2.13. The van der Waals surface area contributed by atoms with Crippen molar-refractivity contribution in [3.63, 3.8) is 0 Å². The summed E-state index contributed by atoms with van der Waals surface area (Å²) in [5, 5.41) is 6.46. The van der Waals surface area contributed by atoms with Crippen molar-refractivity contribution in [1.29, 1.82) is 0 Å². The van der Waals surface area contributed by atoms with Crippen LogP contribution in [0.3, 0.4) is 0 Å². The van der Waals surface area contributed by atoms with Crippen LogP contribution in [0.2, 0.25) is 0 Å². The summed E-state index contributed by atoms with van der Waals surface area (Å²) in [6.45, 7) is -0.0832. The molecular weight excluding hydrogens is 383 g/mol. The van der Waals surface area contributed by atoms with E-state index in [0.29, 0.717) is 24.6 Å². The number of methoxy groups -OCH3 is 1. The average molecular weight is 409 g/mol. The molecule has 158 valence electrons. The van der Waals surface area contributed by atoms with Crippen LogP contribution in [0.4, 0.5) is 13.2 Å². The monoisotopic (exact) mass is 409 g/mol. The van der Waals surface area contributed by atoms with Gasteiger partial charge in [-0.15, -0.1) is 0 Å². The van der Waals surface area contributed by atoms with Gasteiger partial charge in [0.25, 0.3) is 0 Å². The number of alkyl halides is 3. The Morgan fingerprint density at radius 1 is 1.00 bits per heavy atom. The minimum absolute atomic E-state index is 0.0700. The molecule has 29 heavy (non-hydrogen) atoms. The van der Waals surface area contributed by atoms with Gasteiger partial charge in [-0.25, -0.2) is 0 Å². The Hall–Kier alpha value is -2.74. The number of hydrogen-bond acceptors (Lipinski definition) is 3. The van der Waals surface area contributed by atoms with E-state index in [9.17, 15) is 13.2 Å². The van der Waals surface area contributed by atoms with E-state index >= 15 is 0 Å². The highest BCUT2D eigenvalue weighted by atomic mass is 19.4. The number of rotatable bonds is 9. The molecule has 0 bridgehead atoms. The molecule has 0 atom stereocenters. The van der Waals surface area contributed by atoms with Gasteiger partial charge in [0.1, 0.15) is 12.4 Å². The summed E-state index contributed by atoms with van der Waals surface area (Å²) in [6, 6.07) is 15.1. The molecule has 0 amide bonds. The Labute approximate surface area is 168 Å². The van der Waals surface area contributed by atoms with Crippen molar-refractivity contribution < 1.29 is 22.6 Å². The molecule has 8 heteroatoms.